The van der Waals surface area contributed by atoms with E-state index in [0.717, 1.165) is 0 Å². The molecule has 0 aliphatic carbocycles. The molecule has 0 saturated heterocycles. The molecule has 3 rings (SSSR count). The molecule has 20 heavy (non-hydrogen) atoms. The minimum Gasteiger partial charge on any atom is -0.0622 e. The molecule has 98 valence electrons. The number of aryl methyl sites for hydroxylation is 1. The molecule has 0 aliphatic heterocycles. The van der Waals surface area contributed by atoms with E-state index in [1.165, 1.54) is 33.4 Å². The van der Waals surface area contributed by atoms with Crippen LogP contribution < -0.4 is 0 Å². The van der Waals surface area contributed by atoms with Gasteiger partial charge in [0.05, 0.1) is 0 Å². The summed E-state index contributed by atoms with van der Waals surface area (Å²) >= 11 is 0. The standard InChI is InChI=1S/C20H18/c1-15-13-14-19(17-9-5-3-6-10-17)16(2)20(15)18-11-7-4-8-12-18/h3-14H,1-2H3. The third-order valence-electron chi connectivity index (χ3n) is 3.82. The van der Waals surface area contributed by atoms with E-state index < -0.39 is 0 Å². The van der Waals surface area contributed by atoms with Crippen LogP contribution in [0.2, 0.25) is 0 Å². The number of benzene rings is 3. The van der Waals surface area contributed by atoms with Gasteiger partial charge in [0, 0.05) is 0 Å². The Balaban J connectivity index is 2.22. The van der Waals surface area contributed by atoms with Gasteiger partial charge in [-0.1, -0.05) is 72.8 Å². The monoisotopic (exact) mass is 258 g/mol. The zero-order chi connectivity index (χ0) is 13.9. The van der Waals surface area contributed by atoms with Gasteiger partial charge in [-0.15, -0.1) is 0 Å². The summed E-state index contributed by atoms with van der Waals surface area (Å²) in [7, 11) is 0. The van der Waals surface area contributed by atoms with Crippen LogP contribution >= 0.6 is 0 Å². The summed E-state index contributed by atoms with van der Waals surface area (Å²) in [5.41, 5.74) is 7.92. The van der Waals surface area contributed by atoms with E-state index >= 15 is 0 Å². The lowest BCUT2D eigenvalue weighted by molar-refractivity contribution is 1.37. The van der Waals surface area contributed by atoms with Crippen molar-refractivity contribution in [1.82, 2.24) is 0 Å². The lowest BCUT2D eigenvalue weighted by Gasteiger charge is -2.15. The summed E-state index contributed by atoms with van der Waals surface area (Å²) in [4.78, 5) is 0. The molecule has 0 spiro atoms. The highest BCUT2D eigenvalue weighted by atomic mass is 14.1. The molecule has 0 saturated carbocycles. The molecule has 0 bridgehead atoms. The molecule has 0 aromatic heterocycles. The van der Waals surface area contributed by atoms with Crippen LogP contribution in [0.3, 0.4) is 0 Å². The highest BCUT2D eigenvalue weighted by molar-refractivity contribution is 5.80. The smallest absolute Gasteiger partial charge is 0.0119 e. The van der Waals surface area contributed by atoms with Gasteiger partial charge < -0.3 is 0 Å². The first kappa shape index (κ1) is 12.7. The second kappa shape index (κ2) is 5.34. The van der Waals surface area contributed by atoms with Crippen molar-refractivity contribution in [2.24, 2.45) is 0 Å². The highest BCUT2D eigenvalue weighted by Gasteiger charge is 2.10. The molecule has 0 amide bonds. The zero-order valence-corrected chi connectivity index (χ0v) is 11.9. The predicted molar refractivity (Wildman–Crippen MR) is 86.8 cm³/mol. The molecule has 0 heterocycles. The maximum Gasteiger partial charge on any atom is -0.0119 e. The van der Waals surface area contributed by atoms with Crippen molar-refractivity contribution >= 4 is 0 Å². The molecular formula is C20H18. The van der Waals surface area contributed by atoms with Crippen molar-refractivity contribution in [2.45, 2.75) is 13.8 Å². The molecule has 0 N–H and O–H groups in total. The van der Waals surface area contributed by atoms with Crippen molar-refractivity contribution < 1.29 is 0 Å². The average molecular weight is 258 g/mol. The maximum atomic E-state index is 2.23. The van der Waals surface area contributed by atoms with Gasteiger partial charge in [0.1, 0.15) is 0 Å². The number of hydrogen-bond acceptors (Lipinski definition) is 0. The lowest BCUT2D eigenvalue weighted by atomic mass is 9.89. The molecule has 0 unspecified atom stereocenters. The molecule has 0 nitrogen and oxygen atoms in total. The van der Waals surface area contributed by atoms with Gasteiger partial charge in [0.2, 0.25) is 0 Å². The van der Waals surface area contributed by atoms with E-state index in [-0.39, 0.29) is 0 Å². The molecule has 0 radical (unpaired) electrons. The van der Waals surface area contributed by atoms with Crippen LogP contribution in [0.5, 0.6) is 0 Å². The largest absolute Gasteiger partial charge is 0.0622 e. The number of rotatable bonds is 2. The van der Waals surface area contributed by atoms with Crippen molar-refractivity contribution in [3.05, 3.63) is 83.9 Å². The Kier molecular flexibility index (Phi) is 3.39. The fourth-order valence-electron chi connectivity index (χ4n) is 2.83. The van der Waals surface area contributed by atoms with Gasteiger partial charge in [-0.2, -0.15) is 0 Å². The highest BCUT2D eigenvalue weighted by Crippen LogP contribution is 2.34. The molecule has 0 aliphatic rings. The summed E-state index contributed by atoms with van der Waals surface area (Å²) in [6.07, 6.45) is 0. The average Bonchev–Trinajstić information content (AvgIpc) is 2.49. The Labute approximate surface area is 120 Å². The molecule has 3 aromatic carbocycles. The first-order valence-electron chi connectivity index (χ1n) is 6.98. The molecular weight excluding hydrogens is 240 g/mol. The maximum absolute atomic E-state index is 2.23. The summed E-state index contributed by atoms with van der Waals surface area (Å²) in [5.74, 6) is 0. The molecule has 0 fully saturated rings. The van der Waals surface area contributed by atoms with E-state index in [9.17, 15) is 0 Å². The van der Waals surface area contributed by atoms with Gasteiger partial charge >= 0.3 is 0 Å². The SMILES string of the molecule is Cc1ccc(-c2ccccc2)c(C)c1-c1ccccc1. The van der Waals surface area contributed by atoms with Crippen molar-refractivity contribution in [3.63, 3.8) is 0 Å². The van der Waals surface area contributed by atoms with Gasteiger partial charge in [0.25, 0.3) is 0 Å². The van der Waals surface area contributed by atoms with Gasteiger partial charge in [0.15, 0.2) is 0 Å². The quantitative estimate of drug-likeness (QED) is 0.558. The first-order chi connectivity index (χ1) is 9.77. The lowest BCUT2D eigenvalue weighted by Crippen LogP contribution is -1.92. The third kappa shape index (κ3) is 2.25. The predicted octanol–water partition coefficient (Wildman–Crippen LogP) is 5.64. The van der Waals surface area contributed by atoms with Gasteiger partial charge in [-0.25, -0.2) is 0 Å². The number of hydrogen-bond donors (Lipinski definition) is 0. The molecule has 0 atom stereocenters. The van der Waals surface area contributed by atoms with Crippen LogP contribution in [0.4, 0.5) is 0 Å². The van der Waals surface area contributed by atoms with Crippen LogP contribution in [-0.2, 0) is 0 Å². The second-order valence-electron chi connectivity index (χ2n) is 5.16. The topological polar surface area (TPSA) is 0 Å². The fraction of sp³-hybridized carbons (Fsp3) is 0.100. The van der Waals surface area contributed by atoms with Crippen molar-refractivity contribution in [3.8, 4) is 22.3 Å². The Hall–Kier alpha value is -2.34. The zero-order valence-electron chi connectivity index (χ0n) is 11.9. The Morgan fingerprint density at radius 3 is 1.70 bits per heavy atom. The fourth-order valence-corrected chi connectivity index (χ4v) is 2.83. The van der Waals surface area contributed by atoms with E-state index in [2.05, 4.69) is 86.6 Å². The van der Waals surface area contributed by atoms with E-state index in [1.54, 1.807) is 0 Å². The van der Waals surface area contributed by atoms with Crippen LogP contribution in [-0.4, -0.2) is 0 Å². The Morgan fingerprint density at radius 1 is 0.550 bits per heavy atom. The summed E-state index contributed by atoms with van der Waals surface area (Å²) in [5, 5.41) is 0. The van der Waals surface area contributed by atoms with Crippen LogP contribution in [0.1, 0.15) is 11.1 Å². The Morgan fingerprint density at radius 2 is 1.10 bits per heavy atom. The van der Waals surface area contributed by atoms with Crippen LogP contribution in [0, 0.1) is 13.8 Å². The minimum atomic E-state index is 1.28. The molecule has 3 aromatic rings. The van der Waals surface area contributed by atoms with E-state index in [1.807, 2.05) is 0 Å². The normalized spacial score (nSPS) is 10.5. The summed E-state index contributed by atoms with van der Waals surface area (Å²) < 4.78 is 0. The van der Waals surface area contributed by atoms with E-state index in [0.29, 0.717) is 0 Å². The van der Waals surface area contributed by atoms with Gasteiger partial charge in [-0.05, 0) is 47.2 Å². The van der Waals surface area contributed by atoms with E-state index in [4.69, 9.17) is 0 Å². The Bertz CT molecular complexity index is 710. The van der Waals surface area contributed by atoms with Crippen LogP contribution in [0.25, 0.3) is 22.3 Å². The van der Waals surface area contributed by atoms with Crippen molar-refractivity contribution in [2.75, 3.05) is 0 Å². The summed E-state index contributed by atoms with van der Waals surface area (Å²) in [6, 6.07) is 25.7. The summed E-state index contributed by atoms with van der Waals surface area (Å²) in [6.45, 7) is 4.40. The molecule has 0 heteroatoms. The van der Waals surface area contributed by atoms with Crippen molar-refractivity contribution in [1.29, 1.82) is 0 Å². The van der Waals surface area contributed by atoms with Crippen LogP contribution in [0.15, 0.2) is 72.8 Å². The van der Waals surface area contributed by atoms with Gasteiger partial charge in [-0.3, -0.25) is 0 Å². The minimum absolute atomic E-state index is 1.28. The third-order valence-corrected chi connectivity index (χ3v) is 3.82. The first-order valence-corrected chi connectivity index (χ1v) is 6.98. The second-order valence-corrected chi connectivity index (χ2v) is 5.16.